The van der Waals surface area contributed by atoms with Crippen LogP contribution in [0, 0.1) is 6.92 Å². The SMILES string of the molecule is Cc1nc(N(C)C)ncc1C(=O)NC(Cc1ccccc1)c1ccc2c(c1)OCCO2. The van der Waals surface area contributed by atoms with Crippen molar-refractivity contribution in [2.45, 2.75) is 19.4 Å². The number of amides is 1. The van der Waals surface area contributed by atoms with Gasteiger partial charge in [-0.2, -0.15) is 0 Å². The van der Waals surface area contributed by atoms with Gasteiger partial charge in [0.25, 0.3) is 5.91 Å². The number of nitrogens with one attached hydrogen (secondary N) is 1. The second kappa shape index (κ2) is 9.04. The fourth-order valence-electron chi connectivity index (χ4n) is 3.51. The van der Waals surface area contributed by atoms with Gasteiger partial charge in [0.05, 0.1) is 17.3 Å². The van der Waals surface area contributed by atoms with Crippen LogP contribution in [0.4, 0.5) is 5.95 Å². The Balaban J connectivity index is 1.62. The summed E-state index contributed by atoms with van der Waals surface area (Å²) in [6, 6.07) is 15.6. The molecule has 3 aromatic rings. The largest absolute Gasteiger partial charge is 0.486 e. The molecule has 2 heterocycles. The minimum atomic E-state index is -0.251. The molecule has 4 rings (SSSR count). The molecule has 0 saturated carbocycles. The summed E-state index contributed by atoms with van der Waals surface area (Å²) in [4.78, 5) is 23.7. The molecule has 0 spiro atoms. The fraction of sp³-hybridized carbons (Fsp3) is 0.292. The molecule has 7 heteroatoms. The van der Waals surface area contributed by atoms with Crippen LogP contribution in [-0.2, 0) is 6.42 Å². The van der Waals surface area contributed by atoms with E-state index in [2.05, 4.69) is 27.4 Å². The lowest BCUT2D eigenvalue weighted by molar-refractivity contribution is 0.0935. The Kier molecular flexibility index (Phi) is 6.02. The first-order valence-electron chi connectivity index (χ1n) is 10.3. The number of carbonyl (C=O) groups excluding carboxylic acids is 1. The smallest absolute Gasteiger partial charge is 0.255 e. The number of hydrogen-bond donors (Lipinski definition) is 1. The number of rotatable bonds is 6. The molecule has 1 aliphatic heterocycles. The van der Waals surface area contributed by atoms with Crippen LogP contribution in [0.25, 0.3) is 0 Å². The van der Waals surface area contributed by atoms with Crippen LogP contribution in [0.3, 0.4) is 0 Å². The standard InChI is InChI=1S/C24H26N4O3/c1-16-19(15-25-24(26-16)28(2)3)23(29)27-20(13-17-7-5-4-6-8-17)18-9-10-21-22(14-18)31-12-11-30-21/h4-10,14-15,20H,11-13H2,1-3H3,(H,27,29). The quantitative estimate of drug-likeness (QED) is 0.662. The maximum absolute atomic E-state index is 13.1. The molecule has 0 aliphatic carbocycles. The number of aromatic nitrogens is 2. The Hall–Kier alpha value is -3.61. The molecular weight excluding hydrogens is 392 g/mol. The minimum absolute atomic E-state index is 0.210. The molecule has 2 aromatic carbocycles. The Bertz CT molecular complexity index is 1070. The van der Waals surface area contributed by atoms with Crippen molar-refractivity contribution in [3.63, 3.8) is 0 Å². The molecule has 0 bridgehead atoms. The number of carbonyl (C=O) groups is 1. The second-order valence-electron chi connectivity index (χ2n) is 7.68. The van der Waals surface area contributed by atoms with E-state index >= 15 is 0 Å². The summed E-state index contributed by atoms with van der Waals surface area (Å²) in [5.41, 5.74) is 3.17. The highest BCUT2D eigenvalue weighted by molar-refractivity contribution is 5.95. The van der Waals surface area contributed by atoms with E-state index in [4.69, 9.17) is 9.47 Å². The molecule has 0 saturated heterocycles. The molecule has 1 amide bonds. The molecule has 1 aromatic heterocycles. The molecule has 0 fully saturated rings. The highest BCUT2D eigenvalue weighted by Crippen LogP contribution is 2.33. The lowest BCUT2D eigenvalue weighted by Crippen LogP contribution is -2.31. The number of nitrogens with zero attached hydrogens (tertiary/aromatic N) is 3. The molecule has 1 N–H and O–H groups in total. The maximum Gasteiger partial charge on any atom is 0.255 e. The van der Waals surface area contributed by atoms with Crippen LogP contribution < -0.4 is 19.7 Å². The van der Waals surface area contributed by atoms with Gasteiger partial charge in [-0.1, -0.05) is 36.4 Å². The summed E-state index contributed by atoms with van der Waals surface area (Å²) in [7, 11) is 3.73. The van der Waals surface area contributed by atoms with Gasteiger partial charge >= 0.3 is 0 Å². The summed E-state index contributed by atoms with van der Waals surface area (Å²) >= 11 is 0. The van der Waals surface area contributed by atoms with Crippen molar-refractivity contribution in [1.29, 1.82) is 0 Å². The van der Waals surface area contributed by atoms with E-state index < -0.39 is 0 Å². The van der Waals surface area contributed by atoms with Gasteiger partial charge in [0.2, 0.25) is 5.95 Å². The van der Waals surface area contributed by atoms with Crippen molar-refractivity contribution in [2.75, 3.05) is 32.2 Å². The van der Waals surface area contributed by atoms with E-state index in [0.717, 1.165) is 16.9 Å². The van der Waals surface area contributed by atoms with Crippen LogP contribution >= 0.6 is 0 Å². The summed E-state index contributed by atoms with van der Waals surface area (Å²) in [5.74, 6) is 1.79. The number of benzene rings is 2. The lowest BCUT2D eigenvalue weighted by Gasteiger charge is -2.23. The topological polar surface area (TPSA) is 76.6 Å². The van der Waals surface area contributed by atoms with Crippen molar-refractivity contribution in [3.05, 3.63) is 77.1 Å². The molecule has 160 valence electrons. The first-order chi connectivity index (χ1) is 15.0. The highest BCUT2D eigenvalue weighted by Gasteiger charge is 2.21. The van der Waals surface area contributed by atoms with Crippen LogP contribution in [0.5, 0.6) is 11.5 Å². The minimum Gasteiger partial charge on any atom is -0.486 e. The lowest BCUT2D eigenvalue weighted by atomic mass is 9.97. The van der Waals surface area contributed by atoms with Crippen LogP contribution in [-0.4, -0.2) is 43.2 Å². The molecular formula is C24H26N4O3. The molecule has 1 aliphatic rings. The van der Waals surface area contributed by atoms with Gasteiger partial charge in [0, 0.05) is 20.3 Å². The van der Waals surface area contributed by atoms with Crippen LogP contribution in [0.1, 0.15) is 33.2 Å². The van der Waals surface area contributed by atoms with Crippen LogP contribution in [0.2, 0.25) is 0 Å². The zero-order chi connectivity index (χ0) is 21.8. The first kappa shape index (κ1) is 20.7. The van der Waals surface area contributed by atoms with Gasteiger partial charge in [-0.15, -0.1) is 0 Å². The zero-order valence-electron chi connectivity index (χ0n) is 18.0. The normalized spacial score (nSPS) is 13.4. The maximum atomic E-state index is 13.1. The number of ether oxygens (including phenoxy) is 2. The van der Waals surface area contributed by atoms with E-state index in [9.17, 15) is 4.79 Å². The van der Waals surface area contributed by atoms with Gasteiger partial charge in [0.1, 0.15) is 13.2 Å². The summed E-state index contributed by atoms with van der Waals surface area (Å²) in [6.07, 6.45) is 2.22. The molecule has 1 unspecified atom stereocenters. The van der Waals surface area contributed by atoms with E-state index in [-0.39, 0.29) is 11.9 Å². The van der Waals surface area contributed by atoms with Crippen molar-refractivity contribution in [1.82, 2.24) is 15.3 Å². The third-order valence-corrected chi connectivity index (χ3v) is 5.17. The van der Waals surface area contributed by atoms with Gasteiger partial charge in [-0.05, 0) is 36.6 Å². The Morgan fingerprint density at radius 1 is 1.10 bits per heavy atom. The molecule has 1 atom stereocenters. The van der Waals surface area contributed by atoms with E-state index in [0.29, 0.717) is 42.6 Å². The summed E-state index contributed by atoms with van der Waals surface area (Å²) < 4.78 is 11.4. The predicted molar refractivity (Wildman–Crippen MR) is 119 cm³/mol. The van der Waals surface area contributed by atoms with Crippen LogP contribution in [0.15, 0.2) is 54.7 Å². The predicted octanol–water partition coefficient (Wildman–Crippen LogP) is 3.34. The molecule has 0 radical (unpaired) electrons. The monoisotopic (exact) mass is 418 g/mol. The molecule has 31 heavy (non-hydrogen) atoms. The third-order valence-electron chi connectivity index (χ3n) is 5.17. The number of hydrogen-bond acceptors (Lipinski definition) is 6. The van der Waals surface area contributed by atoms with Crippen molar-refractivity contribution >= 4 is 11.9 Å². The number of anilines is 1. The molecule has 7 nitrogen and oxygen atoms in total. The van der Waals surface area contributed by atoms with E-state index in [1.54, 1.807) is 6.20 Å². The summed E-state index contributed by atoms with van der Waals surface area (Å²) in [6.45, 7) is 2.87. The Labute approximate surface area is 182 Å². The average molecular weight is 418 g/mol. The van der Waals surface area contributed by atoms with Gasteiger partial charge in [-0.3, -0.25) is 4.79 Å². The fourth-order valence-corrected chi connectivity index (χ4v) is 3.51. The first-order valence-corrected chi connectivity index (χ1v) is 10.3. The van der Waals surface area contributed by atoms with Crippen molar-refractivity contribution in [3.8, 4) is 11.5 Å². The Morgan fingerprint density at radius 2 is 1.84 bits per heavy atom. The summed E-state index contributed by atoms with van der Waals surface area (Å²) in [5, 5.41) is 3.17. The number of aryl methyl sites for hydroxylation is 1. The van der Waals surface area contributed by atoms with Crippen molar-refractivity contribution in [2.24, 2.45) is 0 Å². The Morgan fingerprint density at radius 3 is 2.55 bits per heavy atom. The second-order valence-corrected chi connectivity index (χ2v) is 7.68. The highest BCUT2D eigenvalue weighted by atomic mass is 16.6. The van der Waals surface area contributed by atoms with E-state index in [1.807, 2.05) is 62.3 Å². The zero-order valence-corrected chi connectivity index (χ0v) is 18.0. The number of fused-ring (bicyclic) bond motifs is 1. The van der Waals surface area contributed by atoms with Crippen molar-refractivity contribution < 1.29 is 14.3 Å². The van der Waals surface area contributed by atoms with E-state index in [1.165, 1.54) is 0 Å². The van der Waals surface area contributed by atoms with Gasteiger partial charge in [0.15, 0.2) is 11.5 Å². The average Bonchev–Trinajstić information content (AvgIpc) is 2.78. The van der Waals surface area contributed by atoms with Gasteiger partial charge in [-0.25, -0.2) is 9.97 Å². The third kappa shape index (κ3) is 4.77. The van der Waals surface area contributed by atoms with Gasteiger partial charge < -0.3 is 19.7 Å².